The molecule has 0 fully saturated rings. The van der Waals surface area contributed by atoms with Crippen molar-refractivity contribution in [1.29, 1.82) is 5.26 Å². The second-order valence-corrected chi connectivity index (χ2v) is 4.15. The summed E-state index contributed by atoms with van der Waals surface area (Å²) in [5.74, 6) is 0. The molecule has 4 heteroatoms. The Morgan fingerprint density at radius 1 is 0.947 bits per heavy atom. The molecule has 0 spiro atoms. The van der Waals surface area contributed by atoms with Crippen molar-refractivity contribution >= 4 is 0 Å². The van der Waals surface area contributed by atoms with Crippen LogP contribution in [0.2, 0.25) is 0 Å². The van der Waals surface area contributed by atoms with E-state index in [1.54, 1.807) is 37.3 Å². The van der Waals surface area contributed by atoms with Crippen molar-refractivity contribution in [2.45, 2.75) is 13.1 Å². The summed E-state index contributed by atoms with van der Waals surface area (Å²) >= 11 is 0. The molecule has 0 aliphatic rings. The Morgan fingerprint density at radius 3 is 2.16 bits per heavy atom. The Bertz CT molecular complexity index is 651. The molecular weight excluding hydrogens is 251 g/mol. The van der Waals surface area contributed by atoms with Gasteiger partial charge in [0.25, 0.3) is 0 Å². The highest BCUT2D eigenvalue weighted by atomic mass is 19.4. The van der Waals surface area contributed by atoms with Crippen molar-refractivity contribution in [3.63, 3.8) is 0 Å². The van der Waals surface area contributed by atoms with Crippen LogP contribution in [0.5, 0.6) is 0 Å². The Morgan fingerprint density at radius 2 is 1.58 bits per heavy atom. The number of alkyl halides is 3. The van der Waals surface area contributed by atoms with Gasteiger partial charge in [0.15, 0.2) is 0 Å². The average Bonchev–Trinajstić information content (AvgIpc) is 2.37. The summed E-state index contributed by atoms with van der Waals surface area (Å²) in [5, 5.41) is 8.87. The van der Waals surface area contributed by atoms with E-state index < -0.39 is 11.7 Å². The van der Waals surface area contributed by atoms with E-state index in [2.05, 4.69) is 0 Å². The predicted octanol–water partition coefficient (Wildman–Crippen LogP) is 4.55. The SMILES string of the molecule is Cc1ccccc1-c1cccc(C#N)c1C(F)(F)F. The molecule has 0 radical (unpaired) electrons. The molecule has 0 bridgehead atoms. The highest BCUT2D eigenvalue weighted by molar-refractivity contribution is 5.73. The van der Waals surface area contributed by atoms with Crippen molar-refractivity contribution in [2.75, 3.05) is 0 Å². The number of benzene rings is 2. The van der Waals surface area contributed by atoms with Gasteiger partial charge in [0.05, 0.1) is 17.2 Å². The van der Waals surface area contributed by atoms with E-state index in [1.807, 2.05) is 0 Å². The normalized spacial score (nSPS) is 11.1. The largest absolute Gasteiger partial charge is 0.418 e. The van der Waals surface area contributed by atoms with Crippen LogP contribution in [0.4, 0.5) is 13.2 Å². The Labute approximate surface area is 108 Å². The Hall–Kier alpha value is -2.28. The minimum atomic E-state index is -4.55. The Kier molecular flexibility index (Phi) is 3.30. The van der Waals surface area contributed by atoms with Crippen LogP contribution in [-0.2, 0) is 6.18 Å². The third kappa shape index (κ3) is 2.45. The van der Waals surface area contributed by atoms with Gasteiger partial charge < -0.3 is 0 Å². The Balaban J connectivity index is 2.79. The zero-order chi connectivity index (χ0) is 14.0. The minimum absolute atomic E-state index is 0.0460. The molecule has 0 heterocycles. The van der Waals surface area contributed by atoms with Crippen LogP contribution in [0.15, 0.2) is 42.5 Å². The van der Waals surface area contributed by atoms with Crippen molar-refractivity contribution in [2.24, 2.45) is 0 Å². The van der Waals surface area contributed by atoms with Crippen LogP contribution in [0.3, 0.4) is 0 Å². The molecule has 19 heavy (non-hydrogen) atoms. The predicted molar refractivity (Wildman–Crippen MR) is 66.3 cm³/mol. The summed E-state index contributed by atoms with van der Waals surface area (Å²) in [5.41, 5.74) is 0.0553. The molecule has 0 amide bonds. The highest BCUT2D eigenvalue weighted by Crippen LogP contribution is 2.39. The lowest BCUT2D eigenvalue weighted by molar-refractivity contribution is -0.137. The van der Waals surface area contributed by atoms with Gasteiger partial charge in [-0.25, -0.2) is 0 Å². The summed E-state index contributed by atoms with van der Waals surface area (Å²) in [6.45, 7) is 1.74. The molecule has 96 valence electrons. The van der Waals surface area contributed by atoms with Gasteiger partial charge in [-0.2, -0.15) is 18.4 Å². The molecule has 0 unspecified atom stereocenters. The van der Waals surface area contributed by atoms with Gasteiger partial charge in [-0.3, -0.25) is 0 Å². The molecule has 1 nitrogen and oxygen atoms in total. The maximum Gasteiger partial charge on any atom is 0.418 e. The van der Waals surface area contributed by atoms with Crippen LogP contribution in [0, 0.1) is 18.3 Å². The van der Waals surface area contributed by atoms with E-state index in [0.29, 0.717) is 5.56 Å². The third-order valence-corrected chi connectivity index (χ3v) is 2.90. The fourth-order valence-electron chi connectivity index (χ4n) is 2.05. The van der Waals surface area contributed by atoms with Gasteiger partial charge >= 0.3 is 6.18 Å². The van der Waals surface area contributed by atoms with Crippen molar-refractivity contribution < 1.29 is 13.2 Å². The fraction of sp³-hybridized carbons (Fsp3) is 0.133. The number of rotatable bonds is 1. The maximum atomic E-state index is 13.2. The van der Waals surface area contributed by atoms with E-state index in [0.717, 1.165) is 5.56 Å². The van der Waals surface area contributed by atoms with E-state index in [9.17, 15) is 13.2 Å². The molecule has 2 aromatic rings. The zero-order valence-corrected chi connectivity index (χ0v) is 10.1. The first-order chi connectivity index (χ1) is 8.95. The van der Waals surface area contributed by atoms with E-state index in [-0.39, 0.29) is 11.1 Å². The molecule has 0 aromatic heterocycles. The van der Waals surface area contributed by atoms with Crippen molar-refractivity contribution in [1.82, 2.24) is 0 Å². The number of nitriles is 1. The quantitative estimate of drug-likeness (QED) is 0.738. The van der Waals surface area contributed by atoms with Crippen LogP contribution < -0.4 is 0 Å². The number of nitrogens with zero attached hydrogens (tertiary/aromatic N) is 1. The highest BCUT2D eigenvalue weighted by Gasteiger charge is 2.36. The second-order valence-electron chi connectivity index (χ2n) is 4.15. The van der Waals surface area contributed by atoms with Gasteiger partial charge in [0.1, 0.15) is 0 Å². The van der Waals surface area contributed by atoms with Crippen LogP contribution >= 0.6 is 0 Å². The molecule has 0 N–H and O–H groups in total. The van der Waals surface area contributed by atoms with Crippen LogP contribution in [0.1, 0.15) is 16.7 Å². The van der Waals surface area contributed by atoms with Crippen molar-refractivity contribution in [3.05, 3.63) is 59.2 Å². The first kappa shape index (κ1) is 13.2. The second kappa shape index (κ2) is 4.77. The standard InChI is InChI=1S/C15H10F3N/c1-10-5-2-3-7-12(10)13-8-4-6-11(9-19)14(13)15(16,17)18/h2-8H,1H3. The number of hydrogen-bond acceptors (Lipinski definition) is 1. The topological polar surface area (TPSA) is 23.8 Å². The molecular formula is C15H10F3N. The summed E-state index contributed by atoms with van der Waals surface area (Å²) in [4.78, 5) is 0. The summed E-state index contributed by atoms with van der Waals surface area (Å²) < 4.78 is 39.5. The van der Waals surface area contributed by atoms with E-state index in [4.69, 9.17) is 5.26 Å². The average molecular weight is 261 g/mol. The van der Waals surface area contributed by atoms with Gasteiger partial charge in [0.2, 0.25) is 0 Å². The van der Waals surface area contributed by atoms with Crippen molar-refractivity contribution in [3.8, 4) is 17.2 Å². The summed E-state index contributed by atoms with van der Waals surface area (Å²) in [6, 6.07) is 12.5. The molecule has 0 saturated heterocycles. The lowest BCUT2D eigenvalue weighted by atomic mass is 9.93. The number of halogens is 3. The maximum absolute atomic E-state index is 13.2. The lowest BCUT2D eigenvalue weighted by Crippen LogP contribution is -2.10. The molecule has 0 aliphatic heterocycles. The van der Waals surface area contributed by atoms with Crippen LogP contribution in [-0.4, -0.2) is 0 Å². The summed E-state index contributed by atoms with van der Waals surface area (Å²) in [6.07, 6.45) is -4.55. The first-order valence-electron chi connectivity index (χ1n) is 5.61. The molecule has 2 rings (SSSR count). The van der Waals surface area contributed by atoms with Gasteiger partial charge in [-0.05, 0) is 29.7 Å². The van der Waals surface area contributed by atoms with Crippen LogP contribution in [0.25, 0.3) is 11.1 Å². The third-order valence-electron chi connectivity index (χ3n) is 2.90. The fourth-order valence-corrected chi connectivity index (χ4v) is 2.05. The summed E-state index contributed by atoms with van der Waals surface area (Å²) in [7, 11) is 0. The molecule has 0 atom stereocenters. The minimum Gasteiger partial charge on any atom is -0.192 e. The van der Waals surface area contributed by atoms with Gasteiger partial charge in [0, 0.05) is 0 Å². The monoisotopic (exact) mass is 261 g/mol. The first-order valence-corrected chi connectivity index (χ1v) is 5.61. The van der Waals surface area contributed by atoms with E-state index >= 15 is 0 Å². The van der Waals surface area contributed by atoms with Gasteiger partial charge in [-0.1, -0.05) is 36.4 Å². The smallest absolute Gasteiger partial charge is 0.192 e. The molecule has 0 aliphatic carbocycles. The van der Waals surface area contributed by atoms with Gasteiger partial charge in [-0.15, -0.1) is 0 Å². The molecule has 0 saturated carbocycles. The van der Waals surface area contributed by atoms with E-state index in [1.165, 1.54) is 18.2 Å². The molecule has 2 aromatic carbocycles. The number of hydrogen-bond donors (Lipinski definition) is 0. The zero-order valence-electron chi connectivity index (χ0n) is 10.1. The lowest BCUT2D eigenvalue weighted by Gasteiger charge is -2.15. The number of aryl methyl sites for hydroxylation is 1.